The van der Waals surface area contributed by atoms with E-state index in [9.17, 15) is 0 Å². The number of fused-ring (bicyclic) bond motifs is 1. The molecule has 0 aliphatic heterocycles. The molecule has 2 heterocycles. The molecule has 0 unspecified atom stereocenters. The summed E-state index contributed by atoms with van der Waals surface area (Å²) in [4.78, 5) is 0. The Morgan fingerprint density at radius 1 is 1.03 bits per heavy atom. The molecule has 1 aliphatic rings. The molecular weight excluding hydrogens is 382 g/mol. The fourth-order valence-corrected chi connectivity index (χ4v) is 3.96. The van der Waals surface area contributed by atoms with Crippen LogP contribution in [0.4, 0.5) is 5.69 Å². The third-order valence-corrected chi connectivity index (χ3v) is 5.74. The molecule has 0 radical (unpaired) electrons. The van der Waals surface area contributed by atoms with E-state index in [0.29, 0.717) is 24.0 Å². The third kappa shape index (κ3) is 3.65. The van der Waals surface area contributed by atoms with Crippen LogP contribution in [0.2, 0.25) is 0 Å². The smallest absolute Gasteiger partial charge is 0.257 e. The van der Waals surface area contributed by atoms with Crippen LogP contribution in [0, 0.1) is 5.92 Å². The molecule has 1 N–H and O–H groups in total. The van der Waals surface area contributed by atoms with Gasteiger partial charge in [0, 0.05) is 13.7 Å². The van der Waals surface area contributed by atoms with Gasteiger partial charge in [-0.3, -0.25) is 0 Å². The summed E-state index contributed by atoms with van der Waals surface area (Å²) in [5, 5.41) is 8.30. The van der Waals surface area contributed by atoms with Gasteiger partial charge in [-0.1, -0.05) is 12.5 Å². The Morgan fingerprint density at radius 3 is 2.33 bits per heavy atom. The maximum atomic E-state index is 5.72. The number of aromatic nitrogens is 2. The van der Waals surface area contributed by atoms with E-state index >= 15 is 0 Å². The van der Waals surface area contributed by atoms with E-state index in [-0.39, 0.29) is 0 Å². The lowest BCUT2D eigenvalue weighted by molar-refractivity contribution is 0.184. The van der Waals surface area contributed by atoms with E-state index in [2.05, 4.69) is 5.32 Å². The molecule has 3 aromatic rings. The van der Waals surface area contributed by atoms with Crippen LogP contribution in [0.3, 0.4) is 0 Å². The van der Waals surface area contributed by atoms with E-state index in [1.54, 1.807) is 28.4 Å². The van der Waals surface area contributed by atoms with Crippen LogP contribution in [0.25, 0.3) is 16.8 Å². The van der Waals surface area contributed by atoms with Gasteiger partial charge in [-0.15, -0.1) is 5.10 Å². The SMILES string of the molecule is COCc1cc(OC)c(-c2cccc3c(NCC4CCC4)c(OC)nn23)c(OC)c1. The minimum atomic E-state index is 0.474. The first kappa shape index (κ1) is 20.3. The molecule has 0 bridgehead atoms. The zero-order valence-electron chi connectivity index (χ0n) is 18.0. The average molecular weight is 412 g/mol. The number of methoxy groups -OCH3 is 4. The van der Waals surface area contributed by atoms with Crippen molar-refractivity contribution < 1.29 is 18.9 Å². The second kappa shape index (κ2) is 8.83. The first-order chi connectivity index (χ1) is 14.7. The van der Waals surface area contributed by atoms with Crippen LogP contribution >= 0.6 is 0 Å². The molecule has 7 heteroatoms. The van der Waals surface area contributed by atoms with Crippen molar-refractivity contribution in [1.29, 1.82) is 0 Å². The lowest BCUT2D eigenvalue weighted by atomic mass is 9.85. The van der Waals surface area contributed by atoms with Crippen LogP contribution in [-0.4, -0.2) is 44.6 Å². The molecule has 30 heavy (non-hydrogen) atoms. The van der Waals surface area contributed by atoms with Crippen molar-refractivity contribution in [3.63, 3.8) is 0 Å². The van der Waals surface area contributed by atoms with Gasteiger partial charge < -0.3 is 24.3 Å². The molecule has 1 aromatic carbocycles. The van der Waals surface area contributed by atoms with Crippen molar-refractivity contribution in [2.45, 2.75) is 25.9 Å². The van der Waals surface area contributed by atoms with Gasteiger partial charge in [-0.2, -0.15) is 0 Å². The highest BCUT2D eigenvalue weighted by Crippen LogP contribution is 2.41. The largest absolute Gasteiger partial charge is 0.496 e. The Hall–Kier alpha value is -2.93. The van der Waals surface area contributed by atoms with Crippen molar-refractivity contribution in [2.75, 3.05) is 40.3 Å². The van der Waals surface area contributed by atoms with Crippen molar-refractivity contribution in [3.8, 4) is 28.6 Å². The second-order valence-electron chi connectivity index (χ2n) is 7.58. The molecule has 1 fully saturated rings. The van der Waals surface area contributed by atoms with Crippen molar-refractivity contribution in [2.24, 2.45) is 5.92 Å². The quantitative estimate of drug-likeness (QED) is 0.563. The van der Waals surface area contributed by atoms with E-state index in [0.717, 1.165) is 40.5 Å². The second-order valence-corrected chi connectivity index (χ2v) is 7.58. The van der Waals surface area contributed by atoms with E-state index < -0.39 is 0 Å². The van der Waals surface area contributed by atoms with Crippen molar-refractivity contribution in [1.82, 2.24) is 9.61 Å². The maximum absolute atomic E-state index is 5.72. The molecule has 4 rings (SSSR count). The Labute approximate surface area is 176 Å². The molecule has 7 nitrogen and oxygen atoms in total. The van der Waals surface area contributed by atoms with Gasteiger partial charge in [0.1, 0.15) is 17.2 Å². The highest BCUT2D eigenvalue weighted by atomic mass is 16.5. The first-order valence-electron chi connectivity index (χ1n) is 10.2. The molecule has 160 valence electrons. The number of rotatable bonds is 9. The number of nitrogens with one attached hydrogen (secondary N) is 1. The van der Waals surface area contributed by atoms with Crippen LogP contribution in [-0.2, 0) is 11.3 Å². The molecule has 1 saturated carbocycles. The van der Waals surface area contributed by atoms with E-state index in [1.807, 2.05) is 34.8 Å². The fourth-order valence-electron chi connectivity index (χ4n) is 3.96. The highest BCUT2D eigenvalue weighted by Gasteiger charge is 2.23. The number of hydrogen-bond donors (Lipinski definition) is 1. The van der Waals surface area contributed by atoms with Crippen LogP contribution in [0.1, 0.15) is 24.8 Å². The Kier molecular flexibility index (Phi) is 5.99. The maximum Gasteiger partial charge on any atom is 0.257 e. The van der Waals surface area contributed by atoms with Gasteiger partial charge in [-0.25, -0.2) is 4.52 Å². The number of pyridine rings is 1. The van der Waals surface area contributed by atoms with Gasteiger partial charge in [0.2, 0.25) is 0 Å². The van der Waals surface area contributed by atoms with Crippen LogP contribution in [0.15, 0.2) is 30.3 Å². The molecule has 0 amide bonds. The van der Waals surface area contributed by atoms with Crippen LogP contribution in [0.5, 0.6) is 17.4 Å². The Balaban J connectivity index is 1.84. The van der Waals surface area contributed by atoms with Crippen molar-refractivity contribution >= 4 is 11.2 Å². The zero-order valence-corrected chi connectivity index (χ0v) is 18.0. The molecular formula is C23H29N3O4. The fraction of sp³-hybridized carbons (Fsp3) is 0.435. The number of anilines is 1. The predicted octanol–water partition coefficient (Wildman–Crippen LogP) is 4.39. The topological polar surface area (TPSA) is 66.2 Å². The number of nitrogens with zero attached hydrogens (tertiary/aromatic N) is 2. The molecule has 1 aliphatic carbocycles. The average Bonchev–Trinajstić information content (AvgIpc) is 3.10. The summed E-state index contributed by atoms with van der Waals surface area (Å²) in [6.45, 7) is 1.41. The number of benzene rings is 1. The molecule has 0 saturated heterocycles. The minimum absolute atomic E-state index is 0.474. The first-order valence-corrected chi connectivity index (χ1v) is 10.2. The zero-order chi connectivity index (χ0) is 21.1. The monoisotopic (exact) mass is 411 g/mol. The van der Waals surface area contributed by atoms with Gasteiger partial charge in [-0.05, 0) is 48.6 Å². The number of ether oxygens (including phenoxy) is 4. The lowest BCUT2D eigenvalue weighted by Crippen LogP contribution is -2.21. The van der Waals surface area contributed by atoms with Gasteiger partial charge >= 0.3 is 0 Å². The molecule has 0 spiro atoms. The summed E-state index contributed by atoms with van der Waals surface area (Å²) in [6, 6.07) is 10.0. The predicted molar refractivity (Wildman–Crippen MR) is 117 cm³/mol. The number of hydrogen-bond acceptors (Lipinski definition) is 6. The summed E-state index contributed by atoms with van der Waals surface area (Å²) in [5.41, 5.74) is 4.54. The summed E-state index contributed by atoms with van der Waals surface area (Å²) in [7, 11) is 6.63. The normalized spacial score (nSPS) is 13.9. The summed E-state index contributed by atoms with van der Waals surface area (Å²) in [5.74, 6) is 2.71. The third-order valence-electron chi connectivity index (χ3n) is 5.74. The Bertz CT molecular complexity index is 1000. The van der Waals surface area contributed by atoms with Gasteiger partial charge in [0.05, 0.1) is 44.7 Å². The van der Waals surface area contributed by atoms with E-state index in [4.69, 9.17) is 24.0 Å². The molecule has 2 aromatic heterocycles. The lowest BCUT2D eigenvalue weighted by Gasteiger charge is -2.25. The molecule has 0 atom stereocenters. The van der Waals surface area contributed by atoms with Gasteiger partial charge in [0.15, 0.2) is 0 Å². The Morgan fingerprint density at radius 2 is 1.77 bits per heavy atom. The summed E-state index contributed by atoms with van der Waals surface area (Å²) >= 11 is 0. The summed E-state index contributed by atoms with van der Waals surface area (Å²) in [6.07, 6.45) is 3.88. The van der Waals surface area contributed by atoms with Crippen molar-refractivity contribution in [3.05, 3.63) is 35.9 Å². The standard InChI is InChI=1S/C23H29N3O4/c1-27-14-16-11-19(28-2)21(20(12-16)29-3)17-9-6-10-18-22(23(30-4)25-26(17)18)24-13-15-7-5-8-15/h6,9-12,15,24H,5,7-8,13-14H2,1-4H3. The minimum Gasteiger partial charge on any atom is -0.496 e. The van der Waals surface area contributed by atoms with Gasteiger partial charge in [0.25, 0.3) is 5.88 Å². The summed E-state index contributed by atoms with van der Waals surface area (Å²) < 4.78 is 24.2. The highest BCUT2D eigenvalue weighted by molar-refractivity contribution is 5.83. The van der Waals surface area contributed by atoms with E-state index in [1.165, 1.54) is 19.3 Å². The van der Waals surface area contributed by atoms with Crippen LogP contribution < -0.4 is 19.5 Å².